The van der Waals surface area contributed by atoms with Gasteiger partial charge in [-0.2, -0.15) is 5.10 Å². The average molecular weight is 262 g/mol. The van der Waals surface area contributed by atoms with Gasteiger partial charge in [0.1, 0.15) is 0 Å². The molecule has 5 heteroatoms. The smallest absolute Gasteiger partial charge is 0.0976 e. The molecule has 3 heterocycles. The van der Waals surface area contributed by atoms with Crippen molar-refractivity contribution in [3.8, 4) is 11.3 Å². The lowest BCUT2D eigenvalue weighted by Gasteiger charge is -2.20. The summed E-state index contributed by atoms with van der Waals surface area (Å²) in [6.45, 7) is 5.22. The fourth-order valence-corrected chi connectivity index (χ4v) is 3.30. The van der Waals surface area contributed by atoms with E-state index in [4.69, 9.17) is 4.98 Å². The highest BCUT2D eigenvalue weighted by atomic mass is 32.1. The van der Waals surface area contributed by atoms with Crippen LogP contribution in [0.3, 0.4) is 0 Å². The van der Waals surface area contributed by atoms with Crippen LogP contribution in [0.15, 0.2) is 17.8 Å². The lowest BCUT2D eigenvalue weighted by atomic mass is 10.0. The van der Waals surface area contributed by atoms with Crippen molar-refractivity contribution in [1.82, 2.24) is 20.1 Å². The van der Waals surface area contributed by atoms with Gasteiger partial charge in [0, 0.05) is 36.1 Å². The summed E-state index contributed by atoms with van der Waals surface area (Å²) in [6.07, 6.45) is 6.49. The predicted octanol–water partition coefficient (Wildman–Crippen LogP) is 2.49. The van der Waals surface area contributed by atoms with Crippen molar-refractivity contribution < 1.29 is 0 Å². The van der Waals surface area contributed by atoms with Crippen molar-refractivity contribution in [1.29, 1.82) is 0 Å². The van der Waals surface area contributed by atoms with Crippen molar-refractivity contribution in [3.05, 3.63) is 22.8 Å². The summed E-state index contributed by atoms with van der Waals surface area (Å²) < 4.78 is 1.94. The van der Waals surface area contributed by atoms with E-state index in [1.807, 2.05) is 10.9 Å². The SMILES string of the molecule is CCn1cc(-c2csc(C3CCCNC3)n2)cn1. The molecule has 1 aliphatic heterocycles. The van der Waals surface area contributed by atoms with Crippen LogP contribution in [-0.2, 0) is 6.54 Å². The molecule has 0 aromatic carbocycles. The Labute approximate surface area is 111 Å². The number of nitrogens with zero attached hydrogens (tertiary/aromatic N) is 3. The van der Waals surface area contributed by atoms with Gasteiger partial charge in [-0.05, 0) is 26.3 Å². The molecule has 0 amide bonds. The molecule has 1 atom stereocenters. The van der Waals surface area contributed by atoms with E-state index >= 15 is 0 Å². The van der Waals surface area contributed by atoms with Gasteiger partial charge < -0.3 is 5.32 Å². The van der Waals surface area contributed by atoms with Gasteiger partial charge in [0.25, 0.3) is 0 Å². The van der Waals surface area contributed by atoms with Gasteiger partial charge in [0.15, 0.2) is 0 Å². The normalized spacial score (nSPS) is 20.2. The molecule has 1 saturated heterocycles. The van der Waals surface area contributed by atoms with Gasteiger partial charge in [-0.15, -0.1) is 11.3 Å². The number of hydrogen-bond donors (Lipinski definition) is 1. The largest absolute Gasteiger partial charge is 0.316 e. The van der Waals surface area contributed by atoms with E-state index in [0.717, 1.165) is 30.9 Å². The Hall–Kier alpha value is -1.20. The lowest BCUT2D eigenvalue weighted by Crippen LogP contribution is -2.28. The van der Waals surface area contributed by atoms with Crippen molar-refractivity contribution in [2.45, 2.75) is 32.2 Å². The van der Waals surface area contributed by atoms with Crippen molar-refractivity contribution >= 4 is 11.3 Å². The van der Waals surface area contributed by atoms with E-state index in [2.05, 4.69) is 28.9 Å². The van der Waals surface area contributed by atoms with E-state index in [-0.39, 0.29) is 0 Å². The fourth-order valence-electron chi connectivity index (χ4n) is 2.34. The van der Waals surface area contributed by atoms with Gasteiger partial charge in [-0.1, -0.05) is 0 Å². The number of thiazole rings is 1. The quantitative estimate of drug-likeness (QED) is 0.924. The molecule has 1 unspecified atom stereocenters. The first-order chi connectivity index (χ1) is 8.86. The first-order valence-electron chi connectivity index (χ1n) is 6.56. The zero-order valence-corrected chi connectivity index (χ0v) is 11.4. The van der Waals surface area contributed by atoms with Crippen LogP contribution >= 0.6 is 11.3 Å². The van der Waals surface area contributed by atoms with Gasteiger partial charge in [-0.25, -0.2) is 4.98 Å². The number of aromatic nitrogens is 3. The molecule has 1 fully saturated rings. The number of rotatable bonds is 3. The first-order valence-corrected chi connectivity index (χ1v) is 7.43. The van der Waals surface area contributed by atoms with E-state index in [1.165, 1.54) is 17.8 Å². The minimum atomic E-state index is 0.596. The third-order valence-electron chi connectivity index (χ3n) is 3.42. The van der Waals surface area contributed by atoms with Gasteiger partial charge >= 0.3 is 0 Å². The van der Waals surface area contributed by atoms with Crippen LogP contribution in [0.4, 0.5) is 0 Å². The molecule has 0 bridgehead atoms. The zero-order chi connectivity index (χ0) is 12.4. The third kappa shape index (κ3) is 2.33. The number of piperidine rings is 1. The maximum Gasteiger partial charge on any atom is 0.0976 e. The summed E-state index contributed by atoms with van der Waals surface area (Å²) in [7, 11) is 0. The zero-order valence-electron chi connectivity index (χ0n) is 10.6. The van der Waals surface area contributed by atoms with Crippen LogP contribution in [0, 0.1) is 0 Å². The maximum atomic E-state index is 4.78. The standard InChI is InChI=1S/C13H18N4S/c1-2-17-8-11(7-15-17)12-9-18-13(16-12)10-4-3-5-14-6-10/h7-10,14H,2-6H2,1H3. The highest BCUT2D eigenvalue weighted by molar-refractivity contribution is 7.10. The summed E-state index contributed by atoms with van der Waals surface area (Å²) in [6, 6.07) is 0. The van der Waals surface area contributed by atoms with Gasteiger partial charge in [-0.3, -0.25) is 4.68 Å². The minimum absolute atomic E-state index is 0.596. The van der Waals surface area contributed by atoms with Crippen LogP contribution in [0.1, 0.15) is 30.7 Å². The van der Waals surface area contributed by atoms with Crippen LogP contribution < -0.4 is 5.32 Å². The molecule has 3 rings (SSSR count). The van der Waals surface area contributed by atoms with Crippen LogP contribution in [0.5, 0.6) is 0 Å². The molecule has 0 spiro atoms. The van der Waals surface area contributed by atoms with E-state index in [0.29, 0.717) is 5.92 Å². The van der Waals surface area contributed by atoms with Gasteiger partial charge in [0.05, 0.1) is 16.9 Å². The Morgan fingerprint density at radius 3 is 3.22 bits per heavy atom. The van der Waals surface area contributed by atoms with Gasteiger partial charge in [0.2, 0.25) is 0 Å². The fraction of sp³-hybridized carbons (Fsp3) is 0.538. The molecule has 0 saturated carbocycles. The van der Waals surface area contributed by atoms with Crippen molar-refractivity contribution in [2.24, 2.45) is 0 Å². The molecular formula is C13H18N4S. The molecule has 18 heavy (non-hydrogen) atoms. The minimum Gasteiger partial charge on any atom is -0.316 e. The maximum absolute atomic E-state index is 4.78. The summed E-state index contributed by atoms with van der Waals surface area (Å²) in [5, 5.41) is 11.2. The van der Waals surface area contributed by atoms with Crippen molar-refractivity contribution in [2.75, 3.05) is 13.1 Å². The second kappa shape index (κ2) is 5.20. The topological polar surface area (TPSA) is 42.7 Å². The Balaban J connectivity index is 1.79. The van der Waals surface area contributed by atoms with Crippen LogP contribution in [-0.4, -0.2) is 27.9 Å². The monoisotopic (exact) mass is 262 g/mol. The second-order valence-corrected chi connectivity index (χ2v) is 5.59. The van der Waals surface area contributed by atoms with Crippen molar-refractivity contribution in [3.63, 3.8) is 0 Å². The summed E-state index contributed by atoms with van der Waals surface area (Å²) in [5.41, 5.74) is 2.20. The Morgan fingerprint density at radius 1 is 1.56 bits per heavy atom. The number of hydrogen-bond acceptors (Lipinski definition) is 4. The highest BCUT2D eigenvalue weighted by Gasteiger charge is 2.18. The molecule has 1 aliphatic rings. The summed E-state index contributed by atoms with van der Waals surface area (Å²) in [4.78, 5) is 4.78. The molecule has 2 aromatic heterocycles. The summed E-state index contributed by atoms with van der Waals surface area (Å²) in [5.74, 6) is 0.596. The number of nitrogens with one attached hydrogen (secondary N) is 1. The average Bonchev–Trinajstić information content (AvgIpc) is 3.08. The molecule has 0 aliphatic carbocycles. The molecule has 0 radical (unpaired) electrons. The third-order valence-corrected chi connectivity index (χ3v) is 4.43. The molecule has 2 aromatic rings. The van der Waals surface area contributed by atoms with E-state index < -0.39 is 0 Å². The molecule has 96 valence electrons. The highest BCUT2D eigenvalue weighted by Crippen LogP contribution is 2.29. The molecule has 1 N–H and O–H groups in total. The Kier molecular flexibility index (Phi) is 3.43. The Bertz CT molecular complexity index is 511. The summed E-state index contributed by atoms with van der Waals surface area (Å²) >= 11 is 1.78. The Morgan fingerprint density at radius 2 is 2.50 bits per heavy atom. The van der Waals surface area contributed by atoms with E-state index in [9.17, 15) is 0 Å². The first kappa shape index (κ1) is 11.9. The number of aryl methyl sites for hydroxylation is 1. The van der Waals surface area contributed by atoms with E-state index in [1.54, 1.807) is 11.3 Å². The molecule has 4 nitrogen and oxygen atoms in total. The van der Waals surface area contributed by atoms with Crippen LogP contribution in [0.25, 0.3) is 11.3 Å². The lowest BCUT2D eigenvalue weighted by molar-refractivity contribution is 0.460. The molecular weight excluding hydrogens is 244 g/mol. The second-order valence-electron chi connectivity index (χ2n) is 4.70. The van der Waals surface area contributed by atoms with Crippen LogP contribution in [0.2, 0.25) is 0 Å². The predicted molar refractivity (Wildman–Crippen MR) is 73.9 cm³/mol.